The van der Waals surface area contributed by atoms with Crippen molar-refractivity contribution in [3.63, 3.8) is 0 Å². The quantitative estimate of drug-likeness (QED) is 0.220. The van der Waals surface area contributed by atoms with Crippen LogP contribution in [0.1, 0.15) is 0 Å². The number of thioether (sulfide) groups is 1. The van der Waals surface area contributed by atoms with Gasteiger partial charge < -0.3 is 41.1 Å². The summed E-state index contributed by atoms with van der Waals surface area (Å²) in [6.07, 6.45) is -4.41. The minimum atomic E-state index is -1.69. The first-order valence-corrected chi connectivity index (χ1v) is 8.78. The van der Waals surface area contributed by atoms with Gasteiger partial charge in [0.15, 0.2) is 12.4 Å². The molecule has 1 aliphatic heterocycles. The molecule has 144 valence electrons. The Morgan fingerprint density at radius 3 is 2.36 bits per heavy atom. The van der Waals surface area contributed by atoms with Crippen molar-refractivity contribution in [2.45, 2.75) is 36.7 Å². The van der Waals surface area contributed by atoms with E-state index < -0.39 is 61.0 Å². The highest BCUT2D eigenvalue weighted by molar-refractivity contribution is 7.98. The molecule has 0 bridgehead atoms. The van der Waals surface area contributed by atoms with Crippen LogP contribution in [-0.2, 0) is 19.1 Å². The monoisotopic (exact) mass is 381 g/mol. The van der Waals surface area contributed by atoms with Crippen LogP contribution < -0.4 is 16.0 Å². The van der Waals surface area contributed by atoms with Crippen LogP contribution in [0, 0.1) is 0 Å². The van der Waals surface area contributed by atoms with Crippen molar-refractivity contribution in [3.05, 3.63) is 0 Å². The van der Waals surface area contributed by atoms with Gasteiger partial charge in [0.25, 0.3) is 5.91 Å². The van der Waals surface area contributed by atoms with Crippen LogP contribution in [0.4, 0.5) is 0 Å². The van der Waals surface area contributed by atoms with Gasteiger partial charge in [-0.1, -0.05) is 0 Å². The van der Waals surface area contributed by atoms with Gasteiger partial charge >= 0.3 is 5.97 Å². The van der Waals surface area contributed by atoms with Crippen molar-refractivity contribution < 1.29 is 39.5 Å². The number of hydrogen-bond donors (Lipinski definition) is 7. The Bertz CT molecular complexity index is 494. The smallest absolute Gasteiger partial charge is 0.327 e. The second-order valence-electron chi connectivity index (χ2n) is 5.37. The van der Waals surface area contributed by atoms with Crippen LogP contribution in [0.5, 0.6) is 0 Å². The molecule has 0 aromatic carbocycles. The Kier molecular flexibility index (Phi) is 8.55. The van der Waals surface area contributed by atoms with E-state index in [0.29, 0.717) is 0 Å². The number of hydrogen-bond acceptors (Lipinski definition) is 9. The van der Waals surface area contributed by atoms with Gasteiger partial charge in [-0.25, -0.2) is 4.79 Å². The van der Waals surface area contributed by atoms with Gasteiger partial charge in [0.05, 0.1) is 12.6 Å². The third-order valence-corrected chi connectivity index (χ3v) is 4.27. The molecule has 0 radical (unpaired) electrons. The third-order valence-electron chi connectivity index (χ3n) is 3.61. The average molecular weight is 381 g/mol. The van der Waals surface area contributed by atoms with Gasteiger partial charge in [0.2, 0.25) is 5.91 Å². The number of carbonyl (C=O) groups is 3. The normalized spacial score (nSPS) is 30.4. The van der Waals surface area contributed by atoms with Gasteiger partial charge in [-0.15, -0.1) is 0 Å². The molecule has 11 nitrogen and oxygen atoms in total. The molecule has 3 unspecified atom stereocenters. The first-order chi connectivity index (χ1) is 11.7. The molecule has 25 heavy (non-hydrogen) atoms. The minimum absolute atomic E-state index is 0.160. The van der Waals surface area contributed by atoms with Crippen LogP contribution in [0.3, 0.4) is 0 Å². The lowest BCUT2D eigenvalue weighted by atomic mass is 9.96. The Labute approximate surface area is 148 Å². The standard InChI is InChI=1S/C13H23N3O8S/c1-14-7-8(18)10(24-13(23)9(7)19)11(20)15-3-6(17)16-5(4-25-2)12(21)22/h5,7-10,13-14,18-19,23H,3-4H2,1-2H3,(H,15,20)(H,16,17)(H,21,22)/t5-,7-,8+,9?,10?,13?/m0/s1. The first kappa shape index (κ1) is 21.6. The number of carboxylic acids is 1. The van der Waals surface area contributed by atoms with E-state index in [1.807, 2.05) is 0 Å². The molecule has 1 rings (SSSR count). The van der Waals surface area contributed by atoms with Gasteiger partial charge in [-0.05, 0) is 13.3 Å². The zero-order valence-corrected chi connectivity index (χ0v) is 14.5. The lowest BCUT2D eigenvalue weighted by molar-refractivity contribution is -0.251. The second-order valence-corrected chi connectivity index (χ2v) is 6.29. The summed E-state index contributed by atoms with van der Waals surface area (Å²) >= 11 is 1.24. The molecule has 6 atom stereocenters. The number of aliphatic hydroxyl groups excluding tert-OH is 3. The number of aliphatic carboxylic acids is 1. The fourth-order valence-electron chi connectivity index (χ4n) is 2.29. The van der Waals surface area contributed by atoms with Gasteiger partial charge in [0, 0.05) is 5.75 Å². The number of likely N-dealkylation sites (N-methyl/N-ethyl adjacent to an activating group) is 1. The molecule has 7 N–H and O–H groups in total. The summed E-state index contributed by atoms with van der Waals surface area (Å²) in [6.45, 7) is -0.535. The number of ether oxygens (including phenoxy) is 1. The van der Waals surface area contributed by atoms with E-state index >= 15 is 0 Å². The van der Waals surface area contributed by atoms with Crippen molar-refractivity contribution in [1.29, 1.82) is 0 Å². The summed E-state index contributed by atoms with van der Waals surface area (Å²) in [5.74, 6) is -2.65. The molecular formula is C13H23N3O8S. The van der Waals surface area contributed by atoms with Crippen molar-refractivity contribution in [1.82, 2.24) is 16.0 Å². The first-order valence-electron chi connectivity index (χ1n) is 7.38. The zero-order chi connectivity index (χ0) is 19.1. The fourth-order valence-corrected chi connectivity index (χ4v) is 2.85. The van der Waals surface area contributed by atoms with Crippen molar-refractivity contribution in [3.8, 4) is 0 Å². The molecule has 0 aliphatic carbocycles. The van der Waals surface area contributed by atoms with Crippen molar-refractivity contribution >= 4 is 29.5 Å². The molecule has 0 saturated carbocycles. The number of nitrogens with one attached hydrogen (secondary N) is 3. The molecule has 1 aliphatic rings. The van der Waals surface area contributed by atoms with Gasteiger partial charge in [-0.3, -0.25) is 9.59 Å². The van der Waals surface area contributed by atoms with Gasteiger partial charge in [0.1, 0.15) is 18.2 Å². The maximum absolute atomic E-state index is 12.1. The van der Waals surface area contributed by atoms with E-state index in [2.05, 4.69) is 16.0 Å². The predicted molar refractivity (Wildman–Crippen MR) is 86.7 cm³/mol. The number of rotatable bonds is 8. The van der Waals surface area contributed by atoms with E-state index in [1.165, 1.54) is 18.8 Å². The molecule has 12 heteroatoms. The lowest BCUT2D eigenvalue weighted by Gasteiger charge is -2.39. The number of amides is 2. The van der Waals surface area contributed by atoms with Crippen LogP contribution in [-0.4, -0.2) is 100 Å². The van der Waals surface area contributed by atoms with Crippen LogP contribution in [0.15, 0.2) is 0 Å². The maximum Gasteiger partial charge on any atom is 0.327 e. The van der Waals surface area contributed by atoms with Crippen LogP contribution in [0.2, 0.25) is 0 Å². The van der Waals surface area contributed by atoms with Crippen molar-refractivity contribution in [2.24, 2.45) is 0 Å². The summed E-state index contributed by atoms with van der Waals surface area (Å²) in [6, 6.07) is -2.10. The fraction of sp³-hybridized carbons (Fsp3) is 0.769. The summed E-state index contributed by atoms with van der Waals surface area (Å²) in [7, 11) is 1.43. The molecule has 0 aromatic rings. The number of carboxylic acid groups (broad SMARTS) is 1. The maximum atomic E-state index is 12.1. The van der Waals surface area contributed by atoms with E-state index in [-0.39, 0.29) is 5.75 Å². The molecule has 1 fully saturated rings. The second kappa shape index (κ2) is 9.89. The Morgan fingerprint density at radius 2 is 1.84 bits per heavy atom. The van der Waals surface area contributed by atoms with E-state index in [1.54, 1.807) is 6.26 Å². The van der Waals surface area contributed by atoms with Crippen molar-refractivity contribution in [2.75, 3.05) is 25.6 Å². The highest BCUT2D eigenvalue weighted by Crippen LogP contribution is 2.19. The Balaban J connectivity index is 2.58. The van der Waals surface area contributed by atoms with E-state index in [0.717, 1.165) is 0 Å². The lowest BCUT2D eigenvalue weighted by Crippen LogP contribution is -2.65. The minimum Gasteiger partial charge on any atom is -0.480 e. The van der Waals surface area contributed by atoms with Crippen LogP contribution in [0.25, 0.3) is 0 Å². The SMILES string of the molecule is CN[C@@H]1C(O)C(O)OC(C(=O)NCC(=O)N[C@@H](CSC)C(=O)O)[C@@H]1O. The van der Waals surface area contributed by atoms with E-state index in [4.69, 9.17) is 9.84 Å². The molecule has 0 spiro atoms. The summed E-state index contributed by atoms with van der Waals surface area (Å²) in [5.41, 5.74) is 0. The largest absolute Gasteiger partial charge is 0.480 e. The molecule has 1 saturated heterocycles. The summed E-state index contributed by atoms with van der Waals surface area (Å²) in [5, 5.41) is 45.3. The summed E-state index contributed by atoms with van der Waals surface area (Å²) < 4.78 is 4.87. The van der Waals surface area contributed by atoms with E-state index in [9.17, 15) is 29.7 Å². The Morgan fingerprint density at radius 1 is 1.20 bits per heavy atom. The average Bonchev–Trinajstić information content (AvgIpc) is 2.56. The summed E-state index contributed by atoms with van der Waals surface area (Å²) in [4.78, 5) is 34.8. The molecular weight excluding hydrogens is 358 g/mol. The highest BCUT2D eigenvalue weighted by Gasteiger charge is 2.46. The molecule has 1 heterocycles. The highest BCUT2D eigenvalue weighted by atomic mass is 32.2. The zero-order valence-electron chi connectivity index (χ0n) is 13.7. The third kappa shape index (κ3) is 5.80. The predicted octanol–water partition coefficient (Wildman–Crippen LogP) is -3.94. The number of carbonyl (C=O) groups excluding carboxylic acids is 2. The van der Waals surface area contributed by atoms with Crippen LogP contribution >= 0.6 is 11.8 Å². The topological polar surface area (TPSA) is 177 Å². The van der Waals surface area contributed by atoms with Gasteiger partial charge in [-0.2, -0.15) is 11.8 Å². The molecule has 0 aromatic heterocycles. The Hall–Kier alpha value is -1.44. The molecule has 2 amide bonds. The number of aliphatic hydroxyl groups is 3.